The van der Waals surface area contributed by atoms with Crippen molar-refractivity contribution in [2.24, 2.45) is 11.8 Å². The fourth-order valence-corrected chi connectivity index (χ4v) is 4.69. The van der Waals surface area contributed by atoms with E-state index in [-0.39, 0.29) is 11.7 Å². The van der Waals surface area contributed by atoms with E-state index < -0.39 is 0 Å². The first-order valence-corrected chi connectivity index (χ1v) is 10.1. The fraction of sp³-hybridized carbons (Fsp3) is 0.526. The van der Waals surface area contributed by atoms with E-state index in [4.69, 9.17) is 13.9 Å². The number of fused-ring (bicyclic) bond motifs is 2. The van der Waals surface area contributed by atoms with Crippen LogP contribution in [-0.2, 0) is 4.79 Å². The van der Waals surface area contributed by atoms with Crippen molar-refractivity contribution in [2.75, 3.05) is 20.0 Å². The number of carbonyl (C=O) groups is 1. The Bertz CT molecular complexity index is 803. The van der Waals surface area contributed by atoms with Crippen LogP contribution in [0.15, 0.2) is 27.8 Å². The van der Waals surface area contributed by atoms with Crippen LogP contribution in [0.2, 0.25) is 0 Å². The minimum atomic E-state index is 0.0281. The average Bonchev–Trinajstić information content (AvgIpc) is 3.42. The largest absolute Gasteiger partial charge is 0.497 e. The van der Waals surface area contributed by atoms with E-state index in [1.807, 2.05) is 0 Å². The highest BCUT2D eigenvalue weighted by molar-refractivity contribution is 7.99. The van der Waals surface area contributed by atoms with E-state index in [0.717, 1.165) is 12.3 Å². The van der Waals surface area contributed by atoms with Gasteiger partial charge in [-0.3, -0.25) is 4.79 Å². The third kappa shape index (κ3) is 4.05. The molecular weight excluding hydrogens is 366 g/mol. The Kier molecular flexibility index (Phi) is 5.24. The van der Waals surface area contributed by atoms with Crippen LogP contribution < -0.4 is 14.8 Å². The molecule has 2 saturated carbocycles. The Labute approximate surface area is 162 Å². The quantitative estimate of drug-likeness (QED) is 0.728. The summed E-state index contributed by atoms with van der Waals surface area (Å²) < 4.78 is 16.2. The molecule has 0 spiro atoms. The van der Waals surface area contributed by atoms with Gasteiger partial charge in [0, 0.05) is 17.7 Å². The minimum absolute atomic E-state index is 0.0281. The molecule has 4 rings (SSSR count). The summed E-state index contributed by atoms with van der Waals surface area (Å²) in [7, 11) is 3.17. The number of hydrogen-bond acceptors (Lipinski definition) is 7. The second kappa shape index (κ2) is 7.80. The standard InChI is InChI=1S/C19H23N3O4S/c1-24-14-7-13(8-15(9-14)25-2)18-21-22-19(26-18)27-10-17(23)20-16-6-11-3-4-12(16)5-11/h7-9,11-12,16H,3-6,10H2,1-2H3,(H,20,23)/t11-,12+,16-/m0/s1. The van der Waals surface area contributed by atoms with Crippen LogP contribution in [0.5, 0.6) is 11.5 Å². The van der Waals surface area contributed by atoms with Gasteiger partial charge in [-0.05, 0) is 43.2 Å². The third-order valence-corrected chi connectivity index (χ3v) is 6.23. The average molecular weight is 389 g/mol. The lowest BCUT2D eigenvalue weighted by Gasteiger charge is -2.22. The van der Waals surface area contributed by atoms with Gasteiger partial charge >= 0.3 is 0 Å². The molecule has 1 N–H and O–H groups in total. The Morgan fingerprint density at radius 2 is 1.96 bits per heavy atom. The highest BCUT2D eigenvalue weighted by atomic mass is 32.2. The maximum Gasteiger partial charge on any atom is 0.277 e. The van der Waals surface area contributed by atoms with Gasteiger partial charge in [-0.1, -0.05) is 18.2 Å². The first-order valence-electron chi connectivity index (χ1n) is 9.13. The molecule has 2 aromatic rings. The van der Waals surface area contributed by atoms with E-state index in [9.17, 15) is 4.79 Å². The zero-order valence-electron chi connectivity index (χ0n) is 15.4. The molecule has 0 unspecified atom stereocenters. The molecule has 144 valence electrons. The molecule has 1 aromatic carbocycles. The van der Waals surface area contributed by atoms with Crippen molar-refractivity contribution in [2.45, 2.75) is 36.9 Å². The summed E-state index contributed by atoms with van der Waals surface area (Å²) in [6.45, 7) is 0. The molecule has 0 radical (unpaired) electrons. The van der Waals surface area contributed by atoms with Gasteiger partial charge in [0.15, 0.2) is 0 Å². The second-order valence-electron chi connectivity index (χ2n) is 7.11. The third-order valence-electron chi connectivity index (χ3n) is 5.42. The van der Waals surface area contributed by atoms with Crippen molar-refractivity contribution in [3.05, 3.63) is 18.2 Å². The van der Waals surface area contributed by atoms with Crippen LogP contribution in [0.4, 0.5) is 0 Å². The number of nitrogens with one attached hydrogen (secondary N) is 1. The van der Waals surface area contributed by atoms with E-state index >= 15 is 0 Å². The highest BCUT2D eigenvalue weighted by Crippen LogP contribution is 2.44. The number of methoxy groups -OCH3 is 2. The lowest BCUT2D eigenvalue weighted by molar-refractivity contribution is -0.119. The van der Waals surface area contributed by atoms with Gasteiger partial charge in [-0.25, -0.2) is 0 Å². The molecule has 0 aliphatic heterocycles. The number of thioether (sulfide) groups is 1. The van der Waals surface area contributed by atoms with Crippen LogP contribution in [0.1, 0.15) is 25.7 Å². The van der Waals surface area contributed by atoms with E-state index in [1.165, 1.54) is 31.0 Å². The number of aromatic nitrogens is 2. The molecule has 1 heterocycles. The smallest absolute Gasteiger partial charge is 0.277 e. The SMILES string of the molecule is COc1cc(OC)cc(-c2nnc(SCC(=O)N[C@H]3C[C@H]4CC[C@@H]3C4)o2)c1. The summed E-state index contributed by atoms with van der Waals surface area (Å²) in [5.41, 5.74) is 0.706. The van der Waals surface area contributed by atoms with Crippen molar-refractivity contribution in [3.8, 4) is 23.0 Å². The molecule has 2 aliphatic rings. The summed E-state index contributed by atoms with van der Waals surface area (Å²) in [6, 6.07) is 5.72. The van der Waals surface area contributed by atoms with Gasteiger partial charge in [0.25, 0.3) is 5.22 Å². The predicted octanol–water partition coefficient (Wildman–Crippen LogP) is 3.15. The van der Waals surface area contributed by atoms with Crippen molar-refractivity contribution in [1.82, 2.24) is 15.5 Å². The van der Waals surface area contributed by atoms with E-state index in [0.29, 0.717) is 40.1 Å². The zero-order valence-corrected chi connectivity index (χ0v) is 16.3. The van der Waals surface area contributed by atoms with Gasteiger partial charge in [0.05, 0.1) is 20.0 Å². The maximum absolute atomic E-state index is 12.2. The second-order valence-corrected chi connectivity index (χ2v) is 8.04. The van der Waals surface area contributed by atoms with Gasteiger partial charge in [0.1, 0.15) is 11.5 Å². The summed E-state index contributed by atoms with van der Waals surface area (Å²) in [6.07, 6.45) is 4.98. The number of amides is 1. The zero-order chi connectivity index (χ0) is 18.8. The topological polar surface area (TPSA) is 86.5 Å². The molecule has 0 saturated heterocycles. The Hall–Kier alpha value is -2.22. The van der Waals surface area contributed by atoms with Gasteiger partial charge < -0.3 is 19.2 Å². The van der Waals surface area contributed by atoms with Crippen LogP contribution in [0.3, 0.4) is 0 Å². The molecule has 2 aliphatic carbocycles. The number of hydrogen-bond donors (Lipinski definition) is 1. The Balaban J connectivity index is 1.35. The molecule has 1 amide bonds. The molecule has 27 heavy (non-hydrogen) atoms. The van der Waals surface area contributed by atoms with Gasteiger partial charge in [-0.15, -0.1) is 10.2 Å². The number of nitrogens with zero attached hydrogens (tertiary/aromatic N) is 2. The molecular formula is C19H23N3O4S. The monoisotopic (exact) mass is 389 g/mol. The van der Waals surface area contributed by atoms with Crippen LogP contribution >= 0.6 is 11.8 Å². The van der Waals surface area contributed by atoms with Gasteiger partial charge in [0.2, 0.25) is 11.8 Å². The van der Waals surface area contributed by atoms with Gasteiger partial charge in [-0.2, -0.15) is 0 Å². The predicted molar refractivity (Wildman–Crippen MR) is 101 cm³/mol. The number of benzene rings is 1. The van der Waals surface area contributed by atoms with E-state index in [2.05, 4.69) is 15.5 Å². The molecule has 1 aromatic heterocycles. The molecule has 2 bridgehead atoms. The summed E-state index contributed by atoms with van der Waals surface area (Å²) in [4.78, 5) is 12.2. The molecule has 3 atom stereocenters. The van der Waals surface area contributed by atoms with Crippen LogP contribution in [-0.4, -0.2) is 42.1 Å². The lowest BCUT2D eigenvalue weighted by Crippen LogP contribution is -2.39. The van der Waals surface area contributed by atoms with Crippen molar-refractivity contribution in [1.29, 1.82) is 0 Å². The number of ether oxygens (including phenoxy) is 2. The Morgan fingerprint density at radius 1 is 1.19 bits per heavy atom. The summed E-state index contributed by atoms with van der Waals surface area (Å²) in [5, 5.41) is 11.6. The van der Waals surface area contributed by atoms with Crippen molar-refractivity contribution >= 4 is 17.7 Å². The minimum Gasteiger partial charge on any atom is -0.497 e. The van der Waals surface area contributed by atoms with Crippen molar-refractivity contribution < 1.29 is 18.7 Å². The normalized spacial score (nSPS) is 23.4. The summed E-state index contributed by atoms with van der Waals surface area (Å²) in [5.74, 6) is 3.43. The van der Waals surface area contributed by atoms with Crippen LogP contribution in [0.25, 0.3) is 11.5 Å². The molecule has 8 heteroatoms. The van der Waals surface area contributed by atoms with Crippen molar-refractivity contribution in [3.63, 3.8) is 0 Å². The molecule has 7 nitrogen and oxygen atoms in total. The fourth-order valence-electron chi connectivity index (χ4n) is 4.11. The summed E-state index contributed by atoms with van der Waals surface area (Å²) >= 11 is 1.25. The lowest BCUT2D eigenvalue weighted by atomic mass is 9.95. The van der Waals surface area contributed by atoms with Crippen LogP contribution in [0, 0.1) is 11.8 Å². The first kappa shape index (κ1) is 18.2. The molecule has 2 fully saturated rings. The number of carbonyl (C=O) groups excluding carboxylic acids is 1. The highest BCUT2D eigenvalue weighted by Gasteiger charge is 2.40. The number of rotatable bonds is 7. The van der Waals surface area contributed by atoms with E-state index in [1.54, 1.807) is 32.4 Å². The Morgan fingerprint density at radius 3 is 2.59 bits per heavy atom. The first-order chi connectivity index (χ1) is 13.1. The maximum atomic E-state index is 12.2.